The summed E-state index contributed by atoms with van der Waals surface area (Å²) in [6.45, 7) is 3.94. The molecule has 1 rings (SSSR count). The molecule has 1 nitrogen and oxygen atoms in total. The minimum Gasteiger partial charge on any atom is -0.324 e. The molecule has 2 N–H and O–H groups in total. The van der Waals surface area contributed by atoms with Gasteiger partial charge in [0.2, 0.25) is 0 Å². The van der Waals surface area contributed by atoms with Gasteiger partial charge in [0, 0.05) is 11.6 Å². The fourth-order valence-corrected chi connectivity index (χ4v) is 1.49. The third kappa shape index (κ3) is 2.51. The van der Waals surface area contributed by atoms with E-state index in [-0.39, 0.29) is 5.56 Å². The summed E-state index contributed by atoms with van der Waals surface area (Å²) in [5.41, 5.74) is 5.72. The summed E-state index contributed by atoms with van der Waals surface area (Å²) in [4.78, 5) is 0. The quantitative estimate of drug-likeness (QED) is 0.795. The molecule has 0 radical (unpaired) electrons. The highest BCUT2D eigenvalue weighted by Crippen LogP contribution is 2.23. The maximum absolute atomic E-state index is 13.2. The van der Waals surface area contributed by atoms with Gasteiger partial charge in [0.05, 0.1) is 0 Å². The van der Waals surface area contributed by atoms with Crippen LogP contribution >= 0.6 is 0 Å². The largest absolute Gasteiger partial charge is 0.324 e. The molecule has 0 spiro atoms. The monoisotopic (exact) mass is 199 g/mol. The van der Waals surface area contributed by atoms with Crippen LogP contribution in [0, 0.1) is 17.6 Å². The van der Waals surface area contributed by atoms with E-state index in [1.807, 2.05) is 13.8 Å². The van der Waals surface area contributed by atoms with E-state index < -0.39 is 17.7 Å². The summed E-state index contributed by atoms with van der Waals surface area (Å²) in [5.74, 6) is -0.791. The van der Waals surface area contributed by atoms with Crippen LogP contribution in [0.5, 0.6) is 0 Å². The zero-order valence-electron chi connectivity index (χ0n) is 8.43. The van der Waals surface area contributed by atoms with Crippen LogP contribution in [0.4, 0.5) is 8.78 Å². The number of nitrogens with two attached hydrogens (primary N) is 1. The molecule has 0 aliphatic carbocycles. The van der Waals surface area contributed by atoms with Crippen LogP contribution in [-0.2, 0) is 0 Å². The Hall–Kier alpha value is -0.960. The second-order valence-electron chi connectivity index (χ2n) is 3.87. The SMILES string of the molecule is CC(C)CC(N)c1c(F)cccc1F. The van der Waals surface area contributed by atoms with Crippen molar-refractivity contribution >= 4 is 0 Å². The average Bonchev–Trinajstić information content (AvgIpc) is 2.01. The Kier molecular flexibility index (Phi) is 3.58. The molecule has 0 heterocycles. The Bertz CT molecular complexity index is 290. The summed E-state index contributed by atoms with van der Waals surface area (Å²) in [7, 11) is 0. The first-order valence-corrected chi connectivity index (χ1v) is 4.72. The first-order chi connectivity index (χ1) is 6.52. The predicted octanol–water partition coefficient (Wildman–Crippen LogP) is 3.01. The topological polar surface area (TPSA) is 26.0 Å². The zero-order valence-corrected chi connectivity index (χ0v) is 8.43. The van der Waals surface area contributed by atoms with Gasteiger partial charge in [-0.3, -0.25) is 0 Å². The van der Waals surface area contributed by atoms with Gasteiger partial charge in [0.25, 0.3) is 0 Å². The standard InChI is InChI=1S/C11H15F2N/c1-7(2)6-10(14)11-8(12)4-3-5-9(11)13/h3-5,7,10H,6,14H2,1-2H3. The van der Waals surface area contributed by atoms with Crippen molar-refractivity contribution in [3.63, 3.8) is 0 Å². The number of rotatable bonds is 3. The lowest BCUT2D eigenvalue weighted by atomic mass is 9.97. The molecule has 1 aromatic rings. The minimum absolute atomic E-state index is 0.00111. The number of halogens is 2. The van der Waals surface area contributed by atoms with E-state index in [1.165, 1.54) is 18.2 Å². The molecule has 1 atom stereocenters. The van der Waals surface area contributed by atoms with Crippen molar-refractivity contribution in [3.05, 3.63) is 35.4 Å². The van der Waals surface area contributed by atoms with Gasteiger partial charge in [-0.05, 0) is 24.5 Å². The van der Waals surface area contributed by atoms with E-state index >= 15 is 0 Å². The van der Waals surface area contributed by atoms with E-state index in [0.717, 1.165) is 0 Å². The van der Waals surface area contributed by atoms with Gasteiger partial charge >= 0.3 is 0 Å². The fourth-order valence-electron chi connectivity index (χ4n) is 1.49. The molecule has 78 valence electrons. The summed E-state index contributed by atoms with van der Waals surface area (Å²) in [6.07, 6.45) is 0.581. The smallest absolute Gasteiger partial charge is 0.130 e. The van der Waals surface area contributed by atoms with Gasteiger partial charge in [0.1, 0.15) is 11.6 Å². The molecular weight excluding hydrogens is 184 g/mol. The van der Waals surface area contributed by atoms with Crippen molar-refractivity contribution in [1.82, 2.24) is 0 Å². The molecule has 1 aromatic carbocycles. The Morgan fingerprint density at radius 1 is 1.21 bits per heavy atom. The highest BCUT2D eigenvalue weighted by Gasteiger charge is 2.16. The first-order valence-electron chi connectivity index (χ1n) is 4.72. The van der Waals surface area contributed by atoms with Gasteiger partial charge in [-0.25, -0.2) is 8.78 Å². The molecule has 14 heavy (non-hydrogen) atoms. The van der Waals surface area contributed by atoms with Crippen molar-refractivity contribution < 1.29 is 8.78 Å². The Morgan fingerprint density at radius 3 is 2.14 bits per heavy atom. The predicted molar refractivity (Wildman–Crippen MR) is 52.7 cm³/mol. The number of hydrogen-bond donors (Lipinski definition) is 1. The van der Waals surface area contributed by atoms with Gasteiger partial charge in [-0.2, -0.15) is 0 Å². The van der Waals surface area contributed by atoms with Gasteiger partial charge < -0.3 is 5.73 Å². The van der Waals surface area contributed by atoms with E-state index in [9.17, 15) is 8.78 Å². The van der Waals surface area contributed by atoms with Gasteiger partial charge in [-0.15, -0.1) is 0 Å². The van der Waals surface area contributed by atoms with Crippen LogP contribution in [-0.4, -0.2) is 0 Å². The number of hydrogen-bond acceptors (Lipinski definition) is 1. The Labute approximate surface area is 82.9 Å². The summed E-state index contributed by atoms with van der Waals surface area (Å²) < 4.78 is 26.5. The fraction of sp³-hybridized carbons (Fsp3) is 0.455. The van der Waals surface area contributed by atoms with E-state index in [0.29, 0.717) is 12.3 Å². The van der Waals surface area contributed by atoms with Crippen LogP contribution < -0.4 is 5.73 Å². The van der Waals surface area contributed by atoms with Crippen LogP contribution in [0.1, 0.15) is 31.9 Å². The first kappa shape index (κ1) is 11.1. The van der Waals surface area contributed by atoms with E-state index in [1.54, 1.807) is 0 Å². The van der Waals surface area contributed by atoms with Gasteiger partial charge in [-0.1, -0.05) is 19.9 Å². The lowest BCUT2D eigenvalue weighted by Crippen LogP contribution is -2.16. The lowest BCUT2D eigenvalue weighted by molar-refractivity contribution is 0.463. The normalized spacial score (nSPS) is 13.3. The molecule has 0 amide bonds. The van der Waals surface area contributed by atoms with Crippen molar-refractivity contribution in [2.75, 3.05) is 0 Å². The van der Waals surface area contributed by atoms with Crippen molar-refractivity contribution in [3.8, 4) is 0 Å². The Morgan fingerprint density at radius 2 is 1.71 bits per heavy atom. The van der Waals surface area contributed by atoms with E-state index in [2.05, 4.69) is 0 Å². The maximum atomic E-state index is 13.2. The lowest BCUT2D eigenvalue weighted by Gasteiger charge is -2.15. The third-order valence-electron chi connectivity index (χ3n) is 2.10. The van der Waals surface area contributed by atoms with E-state index in [4.69, 9.17) is 5.73 Å². The highest BCUT2D eigenvalue weighted by molar-refractivity contribution is 5.22. The van der Waals surface area contributed by atoms with Crippen molar-refractivity contribution in [1.29, 1.82) is 0 Å². The maximum Gasteiger partial charge on any atom is 0.130 e. The second-order valence-corrected chi connectivity index (χ2v) is 3.87. The molecule has 0 aromatic heterocycles. The summed E-state index contributed by atoms with van der Waals surface area (Å²) in [5, 5.41) is 0. The summed E-state index contributed by atoms with van der Waals surface area (Å²) in [6, 6.07) is 3.25. The Balaban J connectivity index is 2.94. The molecule has 0 aliphatic heterocycles. The van der Waals surface area contributed by atoms with Crippen LogP contribution in [0.3, 0.4) is 0 Å². The zero-order chi connectivity index (χ0) is 10.7. The molecule has 3 heteroatoms. The minimum atomic E-state index is -0.559. The molecule has 0 saturated heterocycles. The van der Waals surface area contributed by atoms with Crippen molar-refractivity contribution in [2.45, 2.75) is 26.3 Å². The third-order valence-corrected chi connectivity index (χ3v) is 2.10. The molecule has 1 unspecified atom stereocenters. The molecule has 0 bridgehead atoms. The van der Waals surface area contributed by atoms with Gasteiger partial charge in [0.15, 0.2) is 0 Å². The average molecular weight is 199 g/mol. The van der Waals surface area contributed by atoms with Crippen LogP contribution in [0.25, 0.3) is 0 Å². The highest BCUT2D eigenvalue weighted by atomic mass is 19.1. The summed E-state index contributed by atoms with van der Waals surface area (Å²) >= 11 is 0. The molecule has 0 saturated carbocycles. The van der Waals surface area contributed by atoms with Crippen LogP contribution in [0.15, 0.2) is 18.2 Å². The molecule has 0 fully saturated rings. The van der Waals surface area contributed by atoms with Crippen LogP contribution in [0.2, 0.25) is 0 Å². The van der Waals surface area contributed by atoms with Crippen molar-refractivity contribution in [2.24, 2.45) is 11.7 Å². The number of benzene rings is 1. The molecule has 0 aliphatic rings. The molecular formula is C11H15F2N. The second kappa shape index (κ2) is 4.51.